The topological polar surface area (TPSA) is 0 Å². The molecule has 0 aliphatic rings. The summed E-state index contributed by atoms with van der Waals surface area (Å²) in [7, 11) is 0. The largest absolute Gasteiger partial charge is 0.0847 e. The van der Waals surface area contributed by atoms with E-state index in [4.69, 9.17) is 0 Å². The van der Waals surface area contributed by atoms with Gasteiger partial charge in [0.05, 0.1) is 0 Å². The van der Waals surface area contributed by atoms with Crippen LogP contribution in [0.2, 0.25) is 0 Å². The zero-order valence-corrected chi connectivity index (χ0v) is 7.52. The van der Waals surface area contributed by atoms with Crippen LogP contribution in [0.15, 0.2) is 23.8 Å². The van der Waals surface area contributed by atoms with Gasteiger partial charge in [0.25, 0.3) is 0 Å². The van der Waals surface area contributed by atoms with Crippen molar-refractivity contribution in [2.75, 3.05) is 0 Å². The fourth-order valence-electron chi connectivity index (χ4n) is 0.548. The lowest BCUT2D eigenvalue weighted by Crippen LogP contribution is -1.83. The van der Waals surface area contributed by atoms with Gasteiger partial charge < -0.3 is 0 Å². The third kappa shape index (κ3) is 4.37. The Hall–Kier alpha value is -0.520. The molecule has 0 saturated heterocycles. The summed E-state index contributed by atoms with van der Waals surface area (Å²) in [5.41, 5.74) is 1.35. The molecule has 0 fully saturated rings. The molecule has 58 valence electrons. The van der Waals surface area contributed by atoms with E-state index in [1.54, 1.807) is 0 Å². The Bertz CT molecular complexity index is 129. The number of rotatable bonds is 3. The molecule has 0 rings (SSSR count). The van der Waals surface area contributed by atoms with Gasteiger partial charge in [-0.1, -0.05) is 44.1 Å². The maximum absolute atomic E-state index is 2.26. The maximum atomic E-state index is 2.26. The Morgan fingerprint density at radius 2 is 2.10 bits per heavy atom. The highest BCUT2D eigenvalue weighted by Crippen LogP contribution is 2.04. The first-order valence-electron chi connectivity index (χ1n) is 4.01. The summed E-state index contributed by atoms with van der Waals surface area (Å²) < 4.78 is 0. The molecule has 1 atom stereocenters. The Morgan fingerprint density at radius 3 is 2.50 bits per heavy atom. The van der Waals surface area contributed by atoms with E-state index >= 15 is 0 Å². The quantitative estimate of drug-likeness (QED) is 0.523. The summed E-state index contributed by atoms with van der Waals surface area (Å²) in [6, 6.07) is 0. The van der Waals surface area contributed by atoms with Crippen molar-refractivity contribution in [3.8, 4) is 0 Å². The average molecular weight is 138 g/mol. The molecule has 0 heteroatoms. The van der Waals surface area contributed by atoms with E-state index in [2.05, 4.69) is 45.9 Å². The molecule has 0 N–H and O–H groups in total. The molecule has 0 heterocycles. The third-order valence-corrected chi connectivity index (χ3v) is 1.79. The maximum Gasteiger partial charge on any atom is -0.0261 e. The van der Waals surface area contributed by atoms with E-state index in [1.807, 2.05) is 0 Å². The van der Waals surface area contributed by atoms with Crippen LogP contribution in [0.1, 0.15) is 34.1 Å². The van der Waals surface area contributed by atoms with Crippen LogP contribution in [-0.2, 0) is 0 Å². The van der Waals surface area contributed by atoms with E-state index in [0.29, 0.717) is 0 Å². The van der Waals surface area contributed by atoms with Crippen molar-refractivity contribution in [2.45, 2.75) is 34.1 Å². The standard InChI is InChI=1S/C10H18/c1-5-9(3)7-8-10(4)6-2/h5,7-8,10H,6H2,1-4H3/b8-7-,9-5-. The molecule has 1 unspecified atom stereocenters. The van der Waals surface area contributed by atoms with Crippen molar-refractivity contribution in [1.29, 1.82) is 0 Å². The highest BCUT2D eigenvalue weighted by atomic mass is 13.9. The van der Waals surface area contributed by atoms with Crippen molar-refractivity contribution in [3.05, 3.63) is 23.8 Å². The van der Waals surface area contributed by atoms with Gasteiger partial charge >= 0.3 is 0 Å². The smallest absolute Gasteiger partial charge is 0.0261 e. The monoisotopic (exact) mass is 138 g/mol. The average Bonchev–Trinajstić information content (AvgIpc) is 1.99. The molecule has 0 aromatic carbocycles. The molecule has 0 spiro atoms. The first-order valence-corrected chi connectivity index (χ1v) is 4.01. The summed E-state index contributed by atoms with van der Waals surface area (Å²) in [6.45, 7) is 8.63. The minimum Gasteiger partial charge on any atom is -0.0847 e. The van der Waals surface area contributed by atoms with Crippen LogP contribution >= 0.6 is 0 Å². The molecule has 0 radical (unpaired) electrons. The van der Waals surface area contributed by atoms with Crippen molar-refractivity contribution in [2.24, 2.45) is 5.92 Å². The van der Waals surface area contributed by atoms with Crippen molar-refractivity contribution >= 4 is 0 Å². The van der Waals surface area contributed by atoms with Gasteiger partial charge in [0.15, 0.2) is 0 Å². The lowest BCUT2D eigenvalue weighted by Gasteiger charge is -1.98. The SMILES string of the molecule is C/C=C(C)\C=C/C(C)CC. The molecular formula is C10H18. The zero-order chi connectivity index (χ0) is 7.98. The summed E-state index contributed by atoms with van der Waals surface area (Å²) in [5, 5.41) is 0. The predicted octanol–water partition coefficient (Wildman–Crippen LogP) is 3.55. The van der Waals surface area contributed by atoms with Gasteiger partial charge in [-0.25, -0.2) is 0 Å². The Labute approximate surface area is 64.6 Å². The number of hydrogen-bond acceptors (Lipinski definition) is 0. The van der Waals surface area contributed by atoms with Gasteiger partial charge in [-0.15, -0.1) is 0 Å². The summed E-state index contributed by atoms with van der Waals surface area (Å²) >= 11 is 0. The van der Waals surface area contributed by atoms with Gasteiger partial charge in [-0.05, 0) is 19.8 Å². The third-order valence-electron chi connectivity index (χ3n) is 1.79. The van der Waals surface area contributed by atoms with Crippen molar-refractivity contribution < 1.29 is 0 Å². The van der Waals surface area contributed by atoms with E-state index in [9.17, 15) is 0 Å². The molecule has 0 aromatic heterocycles. The molecule has 0 aliphatic carbocycles. The van der Waals surface area contributed by atoms with Gasteiger partial charge in [0.2, 0.25) is 0 Å². The fraction of sp³-hybridized carbons (Fsp3) is 0.600. The second-order valence-electron chi connectivity index (χ2n) is 2.78. The van der Waals surface area contributed by atoms with Crippen molar-refractivity contribution in [1.82, 2.24) is 0 Å². The number of allylic oxidation sites excluding steroid dienone is 4. The molecule has 0 aliphatic heterocycles. The van der Waals surface area contributed by atoms with Gasteiger partial charge in [0, 0.05) is 0 Å². The first kappa shape index (κ1) is 9.48. The minimum absolute atomic E-state index is 0.717. The summed E-state index contributed by atoms with van der Waals surface area (Å²) in [6.07, 6.45) is 7.80. The molecule has 0 aromatic rings. The van der Waals surface area contributed by atoms with E-state index in [1.165, 1.54) is 12.0 Å². The highest BCUT2D eigenvalue weighted by molar-refractivity contribution is 5.15. The van der Waals surface area contributed by atoms with Gasteiger partial charge in [-0.2, -0.15) is 0 Å². The molecule has 0 amide bonds. The fourth-order valence-corrected chi connectivity index (χ4v) is 0.548. The van der Waals surface area contributed by atoms with Crippen LogP contribution < -0.4 is 0 Å². The normalized spacial score (nSPS) is 16.2. The molecule has 0 nitrogen and oxygen atoms in total. The second kappa shape index (κ2) is 5.28. The van der Waals surface area contributed by atoms with Crippen LogP contribution in [0.3, 0.4) is 0 Å². The van der Waals surface area contributed by atoms with Crippen LogP contribution in [0.25, 0.3) is 0 Å². The lowest BCUT2D eigenvalue weighted by molar-refractivity contribution is 0.698. The molecular weight excluding hydrogens is 120 g/mol. The Balaban J connectivity index is 3.75. The zero-order valence-electron chi connectivity index (χ0n) is 7.52. The number of hydrogen-bond donors (Lipinski definition) is 0. The van der Waals surface area contributed by atoms with E-state index in [0.717, 1.165) is 5.92 Å². The second-order valence-corrected chi connectivity index (χ2v) is 2.78. The van der Waals surface area contributed by atoms with Crippen LogP contribution in [0.5, 0.6) is 0 Å². The van der Waals surface area contributed by atoms with Gasteiger partial charge in [0.1, 0.15) is 0 Å². The predicted molar refractivity (Wildman–Crippen MR) is 48.0 cm³/mol. The Kier molecular flexibility index (Phi) is 5.00. The van der Waals surface area contributed by atoms with Crippen molar-refractivity contribution in [3.63, 3.8) is 0 Å². The van der Waals surface area contributed by atoms with Crippen LogP contribution in [0.4, 0.5) is 0 Å². The van der Waals surface area contributed by atoms with E-state index in [-0.39, 0.29) is 0 Å². The Morgan fingerprint density at radius 1 is 1.50 bits per heavy atom. The lowest BCUT2D eigenvalue weighted by atomic mass is 10.1. The first-order chi connectivity index (χ1) is 4.70. The van der Waals surface area contributed by atoms with Gasteiger partial charge in [-0.3, -0.25) is 0 Å². The van der Waals surface area contributed by atoms with Crippen LogP contribution in [0, 0.1) is 5.92 Å². The minimum atomic E-state index is 0.717. The van der Waals surface area contributed by atoms with Crippen LogP contribution in [-0.4, -0.2) is 0 Å². The molecule has 10 heavy (non-hydrogen) atoms. The highest BCUT2D eigenvalue weighted by Gasteiger charge is 1.88. The molecule has 0 saturated carbocycles. The molecule has 0 bridgehead atoms. The summed E-state index contributed by atoms with van der Waals surface area (Å²) in [5.74, 6) is 0.717. The van der Waals surface area contributed by atoms with E-state index < -0.39 is 0 Å². The summed E-state index contributed by atoms with van der Waals surface area (Å²) in [4.78, 5) is 0.